The SMILES string of the molecule is [2H]C([2H])([2H])C([2H])(C)c1ccc(-c2cc(C)c(C([2H])(C)C([2H])([2H])[2H])cc2C)[n+](C)c1.[2H]C([2H])([2H])c1cc(C)c(-c2ccc(C([2H])(C)C([2H])([2H])[2H])c[n+]2C)cc1C.[2H]C([2H])([2H])c1ccc(-c2cc(C)c(C([2H])(C)C([2H])([2H])[2H])cc2C)[n+](C)c1.[2H]C([2H])([2H])c1ccc(-c2cc(C)c(C([2H])([2H])C([2H])([2H])[2H])cc2C)[n+](C)c1.[2H]C([2H])[2H]. The Morgan fingerprint density at radius 2 is 0.769 bits per heavy atom. The molecule has 4 heterocycles. The first kappa shape index (κ1) is 30.7. The molecule has 0 fully saturated rings. The van der Waals surface area contributed by atoms with Crippen molar-refractivity contribution in [1.29, 1.82) is 0 Å². The smallest absolute Gasteiger partial charge is 0.201 e. The number of benzene rings is 4. The van der Waals surface area contributed by atoms with E-state index in [1.807, 2.05) is 39.0 Å². The number of aryl methyl sites for hydroxylation is 16. The van der Waals surface area contributed by atoms with Crippen LogP contribution in [-0.4, -0.2) is 0 Å². The van der Waals surface area contributed by atoms with E-state index in [1.54, 1.807) is 185 Å². The first-order valence-electron chi connectivity index (χ1n) is 42.1. The third kappa shape index (κ3) is 15.8. The number of hydrogen-bond acceptors (Lipinski definition) is 0. The Kier molecular flexibility index (Phi) is 11.0. The Morgan fingerprint density at radius 3 is 1.13 bits per heavy atom. The Morgan fingerprint density at radius 1 is 0.410 bits per heavy atom. The molecular formula is C74H102N4+4. The third-order valence-electron chi connectivity index (χ3n) is 13.7. The van der Waals surface area contributed by atoms with E-state index < -0.39 is 92.1 Å². The van der Waals surface area contributed by atoms with Crippen molar-refractivity contribution in [3.8, 4) is 45.0 Å². The van der Waals surface area contributed by atoms with Gasteiger partial charge in [-0.3, -0.25) is 0 Å². The highest BCUT2D eigenvalue weighted by Crippen LogP contribution is 2.31. The van der Waals surface area contributed by atoms with Gasteiger partial charge in [-0.25, -0.2) is 18.3 Å². The van der Waals surface area contributed by atoms with Gasteiger partial charge in [0.2, 0.25) is 22.8 Å². The molecule has 4 aromatic heterocycles. The van der Waals surface area contributed by atoms with Crippen LogP contribution in [0.4, 0.5) is 0 Å². The summed E-state index contributed by atoms with van der Waals surface area (Å²) < 4.78 is 256. The van der Waals surface area contributed by atoms with Gasteiger partial charge in [-0.2, -0.15) is 0 Å². The average molecular weight is 1080 g/mol. The monoisotopic (exact) mass is 1080 g/mol. The van der Waals surface area contributed by atoms with Crippen molar-refractivity contribution in [2.24, 2.45) is 28.2 Å². The Labute approximate surface area is 522 Å². The van der Waals surface area contributed by atoms with Crippen LogP contribution < -0.4 is 18.3 Å². The van der Waals surface area contributed by atoms with Crippen molar-refractivity contribution in [3.05, 3.63) is 211 Å². The summed E-state index contributed by atoms with van der Waals surface area (Å²) in [7, 11) is 5.69. The maximum absolute atomic E-state index is 8.39. The van der Waals surface area contributed by atoms with Gasteiger partial charge in [0.1, 0.15) is 28.2 Å². The molecule has 4 heteroatoms. The number of rotatable bonds is 9. The van der Waals surface area contributed by atoms with Gasteiger partial charge in [0.25, 0.3) is 0 Å². The Hall–Kier alpha value is -6.52. The largest absolute Gasteiger partial charge is 0.212 e. The van der Waals surface area contributed by atoms with Gasteiger partial charge >= 0.3 is 0 Å². The molecule has 0 radical (unpaired) electrons. The maximum Gasteiger partial charge on any atom is 0.212 e. The van der Waals surface area contributed by atoms with Gasteiger partial charge in [0.05, 0.1) is 0 Å². The van der Waals surface area contributed by atoms with Crippen molar-refractivity contribution in [1.82, 2.24) is 0 Å². The first-order valence-corrected chi connectivity index (χ1v) is 25.4. The molecule has 78 heavy (non-hydrogen) atoms. The van der Waals surface area contributed by atoms with Crippen LogP contribution in [0.3, 0.4) is 0 Å². The van der Waals surface area contributed by atoms with Crippen molar-refractivity contribution in [2.75, 3.05) is 0 Å². The molecule has 0 aliphatic rings. The van der Waals surface area contributed by atoms with E-state index in [0.717, 1.165) is 72.8 Å². The van der Waals surface area contributed by atoms with E-state index in [4.69, 9.17) is 45.2 Å². The van der Waals surface area contributed by atoms with Crippen LogP contribution in [0.15, 0.2) is 122 Å². The molecule has 414 valence electrons. The van der Waals surface area contributed by atoms with Crippen LogP contribution in [0.1, 0.15) is 227 Å². The molecule has 0 saturated heterocycles. The summed E-state index contributed by atoms with van der Waals surface area (Å²) in [5.74, 6) is -6.86. The third-order valence-corrected chi connectivity index (χ3v) is 13.7. The van der Waals surface area contributed by atoms with Crippen molar-refractivity contribution in [2.45, 2.75) is 175 Å². The lowest BCUT2D eigenvalue weighted by Gasteiger charge is -2.14. The second-order valence-electron chi connectivity index (χ2n) is 20.2. The minimum Gasteiger partial charge on any atom is -0.201 e. The topological polar surface area (TPSA) is 15.5 Å². The predicted molar refractivity (Wildman–Crippen MR) is 337 cm³/mol. The molecule has 0 bridgehead atoms. The standard InChI is InChI=1S/C20H28N.2C18H24N.C17H22N.CH4/c1-13(2)17-8-9-20(21(7)12-17)19-11-15(5)18(14(3)4)10-16(19)6;1-12(2)16-7-8-18(19(6)11-16)17-10-14(4)13(3)9-15(17)5;1-12(2)16-9-15(5)17(10-14(16)4)18-8-7-13(3)11-19(18)6;1-6-15-9-14(4)16(10-13(15)3)17-8-7-12(2)11-18(17)5;/h8-14H,1-7H3;2*7-12H,1-6H3;7-11H,6H2,1-5H3;1H4/q4*+1;/i1D3,3D3,13D,14D;2*1D3,3D3,12D;1D3,2D3,6D2;1D3. The molecule has 0 N–H and O–H groups in total. The number of aromatic nitrogens is 4. The van der Waals surface area contributed by atoms with Crippen LogP contribution in [0.2, 0.25) is 0 Å². The quantitative estimate of drug-likeness (QED) is 0.128. The molecule has 4 unspecified atom stereocenters. The molecule has 4 atom stereocenters. The highest BCUT2D eigenvalue weighted by atomic mass is 14.9. The predicted octanol–water partition coefficient (Wildman–Crippen LogP) is 17.8. The molecule has 4 nitrogen and oxygen atoms in total. The molecule has 0 saturated carbocycles. The minimum atomic E-state index is -2.77. The molecule has 0 amide bonds. The van der Waals surface area contributed by atoms with E-state index in [-0.39, 0.29) is 16.7 Å². The van der Waals surface area contributed by atoms with Crippen LogP contribution in [-0.2, 0) is 34.6 Å². The van der Waals surface area contributed by atoms with Gasteiger partial charge in [-0.15, -0.1) is 0 Å². The zero-order valence-corrected chi connectivity index (χ0v) is 48.4. The summed E-state index contributed by atoms with van der Waals surface area (Å²) in [6.07, 6.45) is 3.98. The normalized spacial score (nSPS) is 21.6. The molecule has 0 spiro atoms. The summed E-state index contributed by atoms with van der Waals surface area (Å²) >= 11 is 0. The van der Waals surface area contributed by atoms with E-state index in [0.29, 0.717) is 44.5 Å². The second-order valence-corrected chi connectivity index (χ2v) is 20.2. The van der Waals surface area contributed by atoms with Gasteiger partial charge in [0.15, 0.2) is 24.8 Å². The maximum atomic E-state index is 8.39. The molecular weight excluding hydrogens is 945 g/mol. The zero-order valence-electron chi connectivity index (χ0n) is 81.4. The van der Waals surface area contributed by atoms with E-state index in [9.17, 15) is 0 Å². The Bertz CT molecular complexity index is 4490. The Balaban J connectivity index is 0.000000307. The fourth-order valence-corrected chi connectivity index (χ4v) is 9.30. The lowest BCUT2D eigenvalue weighted by atomic mass is 9.91. The summed E-state index contributed by atoms with van der Waals surface area (Å²) in [5, 5.41) is 0. The van der Waals surface area contributed by atoms with Gasteiger partial charge in [0, 0.05) is 114 Å². The molecule has 8 rings (SSSR count). The molecule has 8 aromatic rings. The summed E-state index contributed by atoms with van der Waals surface area (Å²) in [4.78, 5) is 0. The molecule has 0 aliphatic carbocycles. The average Bonchev–Trinajstić information content (AvgIpc) is 0.785. The van der Waals surface area contributed by atoms with E-state index in [2.05, 4.69) is 0 Å². The van der Waals surface area contributed by atoms with Crippen LogP contribution in [0.25, 0.3) is 45.0 Å². The molecule has 4 aromatic carbocycles. The van der Waals surface area contributed by atoms with Crippen LogP contribution >= 0.6 is 0 Å². The van der Waals surface area contributed by atoms with Gasteiger partial charge < -0.3 is 0 Å². The van der Waals surface area contributed by atoms with E-state index in [1.165, 1.54) is 27.7 Å². The fourth-order valence-electron chi connectivity index (χ4n) is 9.30. The second kappa shape index (κ2) is 27.9. The number of pyridine rings is 4. The first-order chi connectivity index (χ1) is 49.6. The molecule has 0 aliphatic heterocycles. The highest BCUT2D eigenvalue weighted by molar-refractivity contribution is 5.66. The fraction of sp³-hybridized carbons (Fsp3) is 0.405. The van der Waals surface area contributed by atoms with Crippen LogP contribution in [0.5, 0.6) is 0 Å². The minimum absolute atomic E-state index is 0.139. The number of hydrogen-bond donors (Lipinski definition) is 0. The summed E-state index contributed by atoms with van der Waals surface area (Å²) in [5.41, 5.74) is 15.2. The van der Waals surface area contributed by atoms with Crippen molar-refractivity contribution >= 4 is 0 Å². The highest BCUT2D eigenvalue weighted by Gasteiger charge is 2.20. The lowest BCUT2D eigenvalue weighted by molar-refractivity contribution is -0.661. The van der Waals surface area contributed by atoms with E-state index >= 15 is 0 Å². The van der Waals surface area contributed by atoms with Gasteiger partial charge in [-0.1, -0.05) is 93.6 Å². The zero-order chi connectivity index (χ0) is 86.4. The van der Waals surface area contributed by atoms with Gasteiger partial charge in [-0.05, 0) is 221 Å². The summed E-state index contributed by atoms with van der Waals surface area (Å²) in [6, 6.07) is 27.5. The number of nitrogens with zero attached hydrogens (tertiary/aromatic N) is 4. The summed E-state index contributed by atoms with van der Waals surface area (Å²) in [6.45, 7) is 0.919. The van der Waals surface area contributed by atoms with Crippen LogP contribution in [0, 0.1) is 75.9 Å². The lowest BCUT2D eigenvalue weighted by Crippen LogP contribution is -2.31. The van der Waals surface area contributed by atoms with Crippen molar-refractivity contribution < 1.29 is 63.5 Å². The van der Waals surface area contributed by atoms with Crippen molar-refractivity contribution in [3.63, 3.8) is 0 Å².